The summed E-state index contributed by atoms with van der Waals surface area (Å²) in [5.74, 6) is -0.109. The van der Waals surface area contributed by atoms with Crippen molar-refractivity contribution in [3.05, 3.63) is 29.6 Å². The number of hydrogen-bond donors (Lipinski definition) is 1. The molecule has 0 unspecified atom stereocenters. The Morgan fingerprint density at radius 2 is 2.29 bits per heavy atom. The number of aromatic nitrogens is 1. The highest BCUT2D eigenvalue weighted by atomic mass is 16.1. The molecular formula is C11H18N2O. The van der Waals surface area contributed by atoms with Crippen molar-refractivity contribution in [3.8, 4) is 0 Å². The first kappa shape index (κ1) is 10.7. The van der Waals surface area contributed by atoms with Crippen molar-refractivity contribution in [1.82, 2.24) is 10.3 Å². The second-order valence-corrected chi connectivity index (χ2v) is 3.53. The molecular weight excluding hydrogens is 176 g/mol. The lowest BCUT2D eigenvalue weighted by Crippen LogP contribution is -2.30. The molecule has 0 radical (unpaired) electrons. The Morgan fingerprint density at radius 3 is 2.71 bits per heavy atom. The van der Waals surface area contributed by atoms with Gasteiger partial charge in [0, 0.05) is 13.7 Å². The Balaban J connectivity index is 0.00000196. The highest BCUT2D eigenvalue weighted by Gasteiger charge is 2.07. The fourth-order valence-electron chi connectivity index (χ4n) is 1.10. The fourth-order valence-corrected chi connectivity index (χ4v) is 1.10. The zero-order chi connectivity index (χ0) is 10.6. The number of carbonyl (C=O) groups is 1. The van der Waals surface area contributed by atoms with Gasteiger partial charge in [0.1, 0.15) is 5.69 Å². The second kappa shape index (κ2) is 4.74. The summed E-state index contributed by atoms with van der Waals surface area (Å²) in [6, 6.07) is 3.84. The number of nitrogens with one attached hydrogen (secondary N) is 1. The molecule has 1 amide bonds. The molecule has 1 aromatic heterocycles. The van der Waals surface area contributed by atoms with E-state index in [9.17, 15) is 4.79 Å². The summed E-state index contributed by atoms with van der Waals surface area (Å²) in [6.45, 7) is 5.92. The molecule has 1 aromatic rings. The molecule has 0 aromatic carbocycles. The molecule has 0 aliphatic carbocycles. The lowest BCUT2D eigenvalue weighted by Gasteiger charge is -2.07. The van der Waals surface area contributed by atoms with Crippen LogP contribution in [0.3, 0.4) is 0 Å². The zero-order valence-electron chi connectivity index (χ0n) is 8.87. The number of rotatable bonds is 3. The Bertz CT molecular complexity index is 309. The van der Waals surface area contributed by atoms with E-state index < -0.39 is 0 Å². The minimum atomic E-state index is -0.109. The third kappa shape index (κ3) is 2.83. The molecule has 0 aliphatic heterocycles. The fraction of sp³-hybridized carbons (Fsp3) is 0.455. The van der Waals surface area contributed by atoms with Crippen LogP contribution in [-0.4, -0.2) is 16.9 Å². The van der Waals surface area contributed by atoms with E-state index in [1.807, 2.05) is 19.9 Å². The van der Waals surface area contributed by atoms with Crippen LogP contribution in [0.1, 0.15) is 38.2 Å². The number of pyridine rings is 1. The van der Waals surface area contributed by atoms with Gasteiger partial charge < -0.3 is 5.32 Å². The molecule has 0 fully saturated rings. The van der Waals surface area contributed by atoms with Crippen molar-refractivity contribution < 1.29 is 6.22 Å². The van der Waals surface area contributed by atoms with Crippen molar-refractivity contribution >= 4 is 5.91 Å². The number of amides is 1. The molecule has 1 N–H and O–H groups in total. The topological polar surface area (TPSA) is 42.0 Å². The average Bonchev–Trinajstić information content (AvgIpc) is 2.17. The summed E-state index contributed by atoms with van der Waals surface area (Å²) >= 11 is 0. The van der Waals surface area contributed by atoms with Crippen LogP contribution in [0.2, 0.25) is 0 Å². The molecule has 1 rings (SSSR count). The monoisotopic (exact) mass is 194 g/mol. The predicted molar refractivity (Wildman–Crippen MR) is 58.3 cm³/mol. The first-order valence-corrected chi connectivity index (χ1v) is 4.89. The Morgan fingerprint density at radius 1 is 1.57 bits per heavy atom. The minimum Gasteiger partial charge on any atom is -0.349 e. The third-order valence-corrected chi connectivity index (χ3v) is 1.89. The van der Waals surface area contributed by atoms with Crippen molar-refractivity contribution in [1.29, 1.82) is 0 Å². The number of hydrogen-bond acceptors (Lipinski definition) is 2. The lowest BCUT2D eigenvalue weighted by molar-refractivity contribution is 0.0938. The first-order chi connectivity index (χ1) is 6.63. The van der Waals surface area contributed by atoms with Gasteiger partial charge in [0.05, 0.1) is 0 Å². The molecule has 0 spiro atoms. The summed E-state index contributed by atoms with van der Waals surface area (Å²) in [4.78, 5) is 15.6. The smallest absolute Gasteiger partial charge is 0.270 e. The standard InChI is InChI=1S/C11H16N2O.H2/c1-4-9-5-6-10(12-7-9)11(14)13-8(2)3;/h5-8H,4H2,1-3H3,(H,13,14);1H. The number of nitrogens with zero attached hydrogens (tertiary/aromatic N) is 1. The van der Waals surface area contributed by atoms with Crippen LogP contribution in [0.5, 0.6) is 0 Å². The maximum Gasteiger partial charge on any atom is 0.270 e. The normalized spacial score (nSPS) is 10.3. The first-order valence-electron chi connectivity index (χ1n) is 4.89. The van der Waals surface area contributed by atoms with Gasteiger partial charge in [-0.25, -0.2) is 0 Å². The van der Waals surface area contributed by atoms with Gasteiger partial charge in [0.15, 0.2) is 0 Å². The second-order valence-electron chi connectivity index (χ2n) is 3.53. The van der Waals surface area contributed by atoms with Crippen LogP contribution in [0.15, 0.2) is 18.3 Å². The molecule has 1 heterocycles. The summed E-state index contributed by atoms with van der Waals surface area (Å²) in [5, 5.41) is 2.80. The third-order valence-electron chi connectivity index (χ3n) is 1.89. The zero-order valence-corrected chi connectivity index (χ0v) is 8.87. The molecule has 0 bridgehead atoms. The van der Waals surface area contributed by atoms with E-state index in [1.54, 1.807) is 12.3 Å². The maximum absolute atomic E-state index is 11.5. The van der Waals surface area contributed by atoms with E-state index in [0.717, 1.165) is 12.0 Å². The molecule has 14 heavy (non-hydrogen) atoms. The van der Waals surface area contributed by atoms with Crippen LogP contribution < -0.4 is 5.32 Å². The SMILES string of the molecule is CCc1ccc(C(=O)NC(C)C)nc1.[HH]. The van der Waals surface area contributed by atoms with Gasteiger partial charge in [-0.3, -0.25) is 9.78 Å². The van der Waals surface area contributed by atoms with E-state index >= 15 is 0 Å². The largest absolute Gasteiger partial charge is 0.349 e. The van der Waals surface area contributed by atoms with Gasteiger partial charge in [-0.15, -0.1) is 0 Å². The summed E-state index contributed by atoms with van der Waals surface area (Å²) in [6.07, 6.45) is 2.69. The Kier molecular flexibility index (Phi) is 3.63. The van der Waals surface area contributed by atoms with Crippen LogP contribution in [-0.2, 0) is 6.42 Å². The van der Waals surface area contributed by atoms with Crippen molar-refractivity contribution in [3.63, 3.8) is 0 Å². The highest BCUT2D eigenvalue weighted by Crippen LogP contribution is 2.01. The van der Waals surface area contributed by atoms with E-state index in [1.165, 1.54) is 0 Å². The van der Waals surface area contributed by atoms with E-state index in [0.29, 0.717) is 5.69 Å². The lowest BCUT2D eigenvalue weighted by atomic mass is 10.2. The number of aryl methyl sites for hydroxylation is 1. The average molecular weight is 194 g/mol. The highest BCUT2D eigenvalue weighted by molar-refractivity contribution is 5.92. The van der Waals surface area contributed by atoms with Crippen LogP contribution in [0.4, 0.5) is 0 Å². The maximum atomic E-state index is 11.5. The van der Waals surface area contributed by atoms with Gasteiger partial charge in [-0.1, -0.05) is 13.0 Å². The van der Waals surface area contributed by atoms with Gasteiger partial charge in [-0.2, -0.15) is 0 Å². The molecule has 3 nitrogen and oxygen atoms in total. The van der Waals surface area contributed by atoms with Gasteiger partial charge >= 0.3 is 0 Å². The van der Waals surface area contributed by atoms with Crippen LogP contribution in [0.25, 0.3) is 0 Å². The van der Waals surface area contributed by atoms with Crippen molar-refractivity contribution in [2.75, 3.05) is 0 Å². The van der Waals surface area contributed by atoms with Gasteiger partial charge in [0.2, 0.25) is 0 Å². The molecule has 0 atom stereocenters. The summed E-state index contributed by atoms with van der Waals surface area (Å²) in [7, 11) is 0. The summed E-state index contributed by atoms with van der Waals surface area (Å²) < 4.78 is 0. The predicted octanol–water partition coefficient (Wildman–Crippen LogP) is 2.03. The van der Waals surface area contributed by atoms with Crippen molar-refractivity contribution in [2.45, 2.75) is 33.2 Å². The van der Waals surface area contributed by atoms with Crippen LogP contribution >= 0.6 is 0 Å². The molecule has 78 valence electrons. The molecule has 3 heteroatoms. The Hall–Kier alpha value is -1.38. The molecule has 0 saturated heterocycles. The van der Waals surface area contributed by atoms with E-state index in [-0.39, 0.29) is 13.4 Å². The summed E-state index contributed by atoms with van der Waals surface area (Å²) in [5.41, 5.74) is 1.63. The number of carbonyl (C=O) groups excluding carboxylic acids is 1. The van der Waals surface area contributed by atoms with E-state index in [2.05, 4.69) is 17.2 Å². The van der Waals surface area contributed by atoms with Gasteiger partial charge in [-0.05, 0) is 31.9 Å². The van der Waals surface area contributed by atoms with Crippen LogP contribution in [0, 0.1) is 0 Å². The minimum absolute atomic E-state index is 0. The quantitative estimate of drug-likeness (QED) is 0.800. The van der Waals surface area contributed by atoms with Crippen molar-refractivity contribution in [2.24, 2.45) is 0 Å². The molecule has 0 aliphatic rings. The van der Waals surface area contributed by atoms with E-state index in [4.69, 9.17) is 0 Å². The Labute approximate surface area is 86.0 Å². The van der Waals surface area contributed by atoms with Gasteiger partial charge in [0.25, 0.3) is 5.91 Å². The molecule has 0 saturated carbocycles.